The first-order valence-corrected chi connectivity index (χ1v) is 7.06. The maximum absolute atomic E-state index is 12.2. The lowest BCUT2D eigenvalue weighted by Crippen LogP contribution is -2.24. The molecular formula is C15H21N3O2. The second-order valence-electron chi connectivity index (χ2n) is 5.05. The van der Waals surface area contributed by atoms with Gasteiger partial charge in [0.25, 0.3) is 0 Å². The molecule has 108 valence electrons. The Labute approximate surface area is 119 Å². The summed E-state index contributed by atoms with van der Waals surface area (Å²) in [4.78, 5) is 20.9. The number of ether oxygens (including phenoxy) is 1. The summed E-state index contributed by atoms with van der Waals surface area (Å²) in [6.07, 6.45) is 3.47. The molecule has 5 heteroatoms. The highest BCUT2D eigenvalue weighted by Crippen LogP contribution is 2.28. The molecule has 5 nitrogen and oxygen atoms in total. The molecule has 1 unspecified atom stereocenters. The van der Waals surface area contributed by atoms with Gasteiger partial charge in [0.05, 0.1) is 18.3 Å². The quantitative estimate of drug-likeness (QED) is 0.787. The molecule has 0 amide bonds. The van der Waals surface area contributed by atoms with Crippen LogP contribution in [0.1, 0.15) is 39.4 Å². The largest absolute Gasteiger partial charge is 0.465 e. The first-order chi connectivity index (χ1) is 9.60. The summed E-state index contributed by atoms with van der Waals surface area (Å²) in [7, 11) is 0. The van der Waals surface area contributed by atoms with Crippen LogP contribution in [-0.2, 0) is 16.1 Å². The second-order valence-corrected chi connectivity index (χ2v) is 5.05. The number of hydrogen-bond acceptors (Lipinski definition) is 4. The van der Waals surface area contributed by atoms with Gasteiger partial charge in [-0.15, -0.1) is 0 Å². The van der Waals surface area contributed by atoms with Crippen molar-refractivity contribution in [3.8, 4) is 0 Å². The Hall–Kier alpha value is -1.91. The van der Waals surface area contributed by atoms with E-state index in [4.69, 9.17) is 4.74 Å². The van der Waals surface area contributed by atoms with E-state index in [-0.39, 0.29) is 17.8 Å². The van der Waals surface area contributed by atoms with Crippen LogP contribution in [0.3, 0.4) is 0 Å². The smallest absolute Gasteiger partial charge is 0.316 e. The minimum absolute atomic E-state index is 0.129. The monoisotopic (exact) mass is 275 g/mol. The average Bonchev–Trinajstić information content (AvgIpc) is 2.76. The SMILES string of the molecule is CCOC(=O)C(c1nc2cnccc2n1CC)C(C)C. The van der Waals surface area contributed by atoms with Gasteiger partial charge in [-0.3, -0.25) is 9.78 Å². The van der Waals surface area contributed by atoms with Crippen molar-refractivity contribution < 1.29 is 9.53 Å². The van der Waals surface area contributed by atoms with Crippen LogP contribution in [0.2, 0.25) is 0 Å². The number of nitrogens with zero attached hydrogens (tertiary/aromatic N) is 3. The van der Waals surface area contributed by atoms with E-state index in [9.17, 15) is 4.79 Å². The van der Waals surface area contributed by atoms with Gasteiger partial charge in [-0.1, -0.05) is 13.8 Å². The van der Waals surface area contributed by atoms with Crippen LogP contribution in [-0.4, -0.2) is 27.1 Å². The number of aryl methyl sites for hydroxylation is 1. The molecule has 2 aromatic heterocycles. The van der Waals surface area contributed by atoms with E-state index < -0.39 is 0 Å². The number of pyridine rings is 1. The minimum atomic E-state index is -0.345. The van der Waals surface area contributed by atoms with Gasteiger partial charge < -0.3 is 9.30 Å². The highest BCUT2D eigenvalue weighted by molar-refractivity contribution is 5.81. The van der Waals surface area contributed by atoms with Crippen molar-refractivity contribution in [1.29, 1.82) is 0 Å². The number of fused-ring (bicyclic) bond motifs is 1. The van der Waals surface area contributed by atoms with Crippen LogP contribution in [0.25, 0.3) is 11.0 Å². The third-order valence-electron chi connectivity index (χ3n) is 3.38. The van der Waals surface area contributed by atoms with Crippen molar-refractivity contribution in [3.63, 3.8) is 0 Å². The topological polar surface area (TPSA) is 57.0 Å². The van der Waals surface area contributed by atoms with Crippen molar-refractivity contribution in [2.75, 3.05) is 6.61 Å². The molecule has 0 fully saturated rings. The van der Waals surface area contributed by atoms with E-state index in [0.717, 1.165) is 23.4 Å². The van der Waals surface area contributed by atoms with Crippen LogP contribution in [0, 0.1) is 5.92 Å². The zero-order valence-corrected chi connectivity index (χ0v) is 12.5. The molecule has 0 spiro atoms. The Morgan fingerprint density at radius 1 is 1.40 bits per heavy atom. The fourth-order valence-corrected chi connectivity index (χ4v) is 2.48. The lowest BCUT2D eigenvalue weighted by atomic mass is 9.95. The number of hydrogen-bond donors (Lipinski definition) is 0. The van der Waals surface area contributed by atoms with Gasteiger partial charge in [0, 0.05) is 12.7 Å². The molecule has 2 rings (SSSR count). The van der Waals surface area contributed by atoms with Crippen LogP contribution < -0.4 is 0 Å². The Bertz CT molecular complexity index is 604. The molecule has 0 aliphatic carbocycles. The highest BCUT2D eigenvalue weighted by Gasteiger charge is 2.30. The Kier molecular flexibility index (Phi) is 4.37. The minimum Gasteiger partial charge on any atom is -0.465 e. The molecule has 1 atom stereocenters. The normalized spacial score (nSPS) is 12.8. The molecule has 0 aromatic carbocycles. The average molecular weight is 275 g/mol. The van der Waals surface area contributed by atoms with Crippen molar-refractivity contribution in [3.05, 3.63) is 24.3 Å². The van der Waals surface area contributed by atoms with Crippen LogP contribution in [0.4, 0.5) is 0 Å². The van der Waals surface area contributed by atoms with Gasteiger partial charge in [0.1, 0.15) is 17.3 Å². The zero-order valence-electron chi connectivity index (χ0n) is 12.5. The van der Waals surface area contributed by atoms with E-state index in [2.05, 4.69) is 14.5 Å². The number of carbonyl (C=O) groups excluding carboxylic acids is 1. The third kappa shape index (κ3) is 2.53. The number of imidazole rings is 1. The molecule has 0 saturated carbocycles. The van der Waals surface area contributed by atoms with Crippen molar-refractivity contribution in [2.24, 2.45) is 5.92 Å². The molecule has 0 aliphatic rings. The summed E-state index contributed by atoms with van der Waals surface area (Å²) in [5.74, 6) is 0.343. The Balaban J connectivity index is 2.55. The van der Waals surface area contributed by atoms with Gasteiger partial charge in [-0.25, -0.2) is 4.98 Å². The van der Waals surface area contributed by atoms with Crippen molar-refractivity contribution in [1.82, 2.24) is 14.5 Å². The predicted molar refractivity (Wildman–Crippen MR) is 77.4 cm³/mol. The van der Waals surface area contributed by atoms with Gasteiger partial charge in [-0.05, 0) is 25.8 Å². The highest BCUT2D eigenvalue weighted by atomic mass is 16.5. The molecule has 2 aromatic rings. The molecule has 0 N–H and O–H groups in total. The maximum atomic E-state index is 12.2. The summed E-state index contributed by atoms with van der Waals surface area (Å²) in [5, 5.41) is 0. The number of aromatic nitrogens is 3. The van der Waals surface area contributed by atoms with Gasteiger partial charge >= 0.3 is 5.97 Å². The van der Waals surface area contributed by atoms with E-state index in [1.54, 1.807) is 12.4 Å². The molecule has 0 saturated heterocycles. The fraction of sp³-hybridized carbons (Fsp3) is 0.533. The molecule has 20 heavy (non-hydrogen) atoms. The van der Waals surface area contributed by atoms with Crippen LogP contribution in [0.5, 0.6) is 0 Å². The summed E-state index contributed by atoms with van der Waals surface area (Å²) >= 11 is 0. The van der Waals surface area contributed by atoms with E-state index in [1.165, 1.54) is 0 Å². The maximum Gasteiger partial charge on any atom is 0.316 e. The first-order valence-electron chi connectivity index (χ1n) is 7.06. The first kappa shape index (κ1) is 14.5. The summed E-state index contributed by atoms with van der Waals surface area (Å²) in [5.41, 5.74) is 1.83. The predicted octanol–water partition coefficient (Wildman–Crippen LogP) is 2.75. The van der Waals surface area contributed by atoms with Crippen molar-refractivity contribution in [2.45, 2.75) is 40.2 Å². The van der Waals surface area contributed by atoms with Crippen LogP contribution >= 0.6 is 0 Å². The lowest BCUT2D eigenvalue weighted by molar-refractivity contribution is -0.146. The number of rotatable bonds is 5. The summed E-state index contributed by atoms with van der Waals surface area (Å²) in [6, 6.07) is 1.93. The van der Waals surface area contributed by atoms with Gasteiger partial charge in [0.2, 0.25) is 0 Å². The van der Waals surface area contributed by atoms with Gasteiger partial charge in [0.15, 0.2) is 0 Å². The molecule has 0 bridgehead atoms. The third-order valence-corrected chi connectivity index (χ3v) is 3.38. The fourth-order valence-electron chi connectivity index (χ4n) is 2.48. The number of carbonyl (C=O) groups is 1. The Morgan fingerprint density at radius 2 is 2.15 bits per heavy atom. The molecule has 0 aliphatic heterocycles. The van der Waals surface area contributed by atoms with Gasteiger partial charge in [-0.2, -0.15) is 0 Å². The Morgan fingerprint density at radius 3 is 2.75 bits per heavy atom. The van der Waals surface area contributed by atoms with Crippen LogP contribution in [0.15, 0.2) is 18.5 Å². The molecule has 2 heterocycles. The zero-order chi connectivity index (χ0) is 14.7. The summed E-state index contributed by atoms with van der Waals surface area (Å²) in [6.45, 7) is 9.04. The van der Waals surface area contributed by atoms with Crippen molar-refractivity contribution >= 4 is 17.0 Å². The number of esters is 1. The molecule has 0 radical (unpaired) electrons. The van der Waals surface area contributed by atoms with E-state index in [0.29, 0.717) is 6.61 Å². The van der Waals surface area contributed by atoms with E-state index >= 15 is 0 Å². The lowest BCUT2D eigenvalue weighted by Gasteiger charge is -2.19. The second kappa shape index (κ2) is 6.03. The summed E-state index contributed by atoms with van der Waals surface area (Å²) < 4.78 is 7.28. The standard InChI is InChI=1S/C15H21N3O2/c1-5-18-12-7-8-16-9-11(12)17-14(18)13(10(3)4)15(19)20-6-2/h7-10,13H,5-6H2,1-4H3. The van der Waals surface area contributed by atoms with E-state index in [1.807, 2.05) is 33.8 Å². The molecular weight excluding hydrogens is 254 g/mol.